The second-order valence-electron chi connectivity index (χ2n) is 5.70. The van der Waals surface area contributed by atoms with Crippen LogP contribution >= 0.6 is 0 Å². The van der Waals surface area contributed by atoms with Crippen LogP contribution < -0.4 is 0 Å². The summed E-state index contributed by atoms with van der Waals surface area (Å²) in [5.41, 5.74) is 0. The third kappa shape index (κ3) is 3.18. The molecule has 2 aliphatic carbocycles. The van der Waals surface area contributed by atoms with Crippen molar-refractivity contribution in [3.63, 3.8) is 0 Å². The van der Waals surface area contributed by atoms with E-state index in [1.165, 1.54) is 19.3 Å². The molecule has 3 unspecified atom stereocenters. The fraction of sp³-hybridized carbons (Fsp3) is 1.00. The van der Waals surface area contributed by atoms with Gasteiger partial charge in [-0.2, -0.15) is 0 Å². The summed E-state index contributed by atoms with van der Waals surface area (Å²) in [7, 11) is 0. The van der Waals surface area contributed by atoms with E-state index in [9.17, 15) is 5.11 Å². The molecule has 0 bridgehead atoms. The molecule has 0 aromatic carbocycles. The largest absolute Gasteiger partial charge is 0.390 e. The number of aliphatic hydroxyl groups excluding tert-OH is 1. The minimum atomic E-state index is -0.209. The number of rotatable bonds is 4. The van der Waals surface area contributed by atoms with Gasteiger partial charge in [0.05, 0.1) is 12.2 Å². The second-order valence-corrected chi connectivity index (χ2v) is 5.70. The van der Waals surface area contributed by atoms with Gasteiger partial charge < -0.3 is 9.84 Å². The molecular weight excluding hydrogens is 188 g/mol. The van der Waals surface area contributed by atoms with E-state index in [0.29, 0.717) is 0 Å². The number of aliphatic hydroxyl groups is 1. The zero-order valence-electron chi connectivity index (χ0n) is 9.98. The van der Waals surface area contributed by atoms with Crippen molar-refractivity contribution in [2.24, 2.45) is 17.8 Å². The molecule has 0 aromatic heterocycles. The lowest BCUT2D eigenvalue weighted by Crippen LogP contribution is -2.37. The standard InChI is InChI=1S/C13H24O2/c1-9(2)11-5-6-12(14)13(7-11)15-8-10-3-4-10/h9-14H,3-8H2,1-2H3. The Morgan fingerprint density at radius 1 is 1.20 bits per heavy atom. The number of hydrogen-bond acceptors (Lipinski definition) is 2. The van der Waals surface area contributed by atoms with Crippen molar-refractivity contribution in [1.29, 1.82) is 0 Å². The average Bonchev–Trinajstić information content (AvgIpc) is 3.00. The Morgan fingerprint density at radius 2 is 1.93 bits per heavy atom. The van der Waals surface area contributed by atoms with E-state index in [-0.39, 0.29) is 12.2 Å². The summed E-state index contributed by atoms with van der Waals surface area (Å²) in [5, 5.41) is 9.88. The molecule has 0 spiro atoms. The predicted octanol–water partition coefficient (Wildman–Crippen LogP) is 2.60. The maximum atomic E-state index is 9.88. The highest BCUT2D eigenvalue weighted by molar-refractivity contribution is 4.83. The van der Waals surface area contributed by atoms with E-state index in [4.69, 9.17) is 4.74 Å². The fourth-order valence-electron chi connectivity index (χ4n) is 2.47. The van der Waals surface area contributed by atoms with Gasteiger partial charge in [-0.25, -0.2) is 0 Å². The highest BCUT2D eigenvalue weighted by atomic mass is 16.5. The molecule has 0 aromatic rings. The molecule has 88 valence electrons. The third-order valence-electron chi connectivity index (χ3n) is 3.98. The second kappa shape index (κ2) is 4.84. The summed E-state index contributed by atoms with van der Waals surface area (Å²) < 4.78 is 5.85. The van der Waals surface area contributed by atoms with E-state index in [1.807, 2.05) is 0 Å². The van der Waals surface area contributed by atoms with Gasteiger partial charge in [-0.05, 0) is 49.9 Å². The Bertz CT molecular complexity index is 199. The molecular formula is C13H24O2. The van der Waals surface area contributed by atoms with Gasteiger partial charge in [-0.3, -0.25) is 0 Å². The van der Waals surface area contributed by atoms with Crippen LogP contribution in [-0.4, -0.2) is 23.9 Å². The van der Waals surface area contributed by atoms with Crippen LogP contribution in [0, 0.1) is 17.8 Å². The van der Waals surface area contributed by atoms with Crippen LogP contribution in [0.5, 0.6) is 0 Å². The molecule has 3 atom stereocenters. The van der Waals surface area contributed by atoms with Crippen molar-refractivity contribution in [2.75, 3.05) is 6.61 Å². The van der Waals surface area contributed by atoms with E-state index in [2.05, 4.69) is 13.8 Å². The summed E-state index contributed by atoms with van der Waals surface area (Å²) in [5.74, 6) is 2.28. The third-order valence-corrected chi connectivity index (χ3v) is 3.98. The molecule has 2 aliphatic rings. The molecule has 0 amide bonds. The van der Waals surface area contributed by atoms with E-state index < -0.39 is 0 Å². The maximum absolute atomic E-state index is 9.88. The molecule has 2 saturated carbocycles. The van der Waals surface area contributed by atoms with Gasteiger partial charge >= 0.3 is 0 Å². The van der Waals surface area contributed by atoms with Gasteiger partial charge in [-0.15, -0.1) is 0 Å². The summed E-state index contributed by atoms with van der Waals surface area (Å²) in [4.78, 5) is 0. The van der Waals surface area contributed by atoms with Crippen molar-refractivity contribution in [1.82, 2.24) is 0 Å². The minimum absolute atomic E-state index is 0.117. The van der Waals surface area contributed by atoms with Crippen LogP contribution in [0.15, 0.2) is 0 Å². The van der Waals surface area contributed by atoms with Gasteiger partial charge in [-0.1, -0.05) is 13.8 Å². The summed E-state index contributed by atoms with van der Waals surface area (Å²) >= 11 is 0. The van der Waals surface area contributed by atoms with Crippen molar-refractivity contribution in [3.05, 3.63) is 0 Å². The lowest BCUT2D eigenvalue weighted by atomic mass is 9.79. The molecule has 0 heterocycles. The van der Waals surface area contributed by atoms with Crippen molar-refractivity contribution >= 4 is 0 Å². The average molecular weight is 212 g/mol. The Morgan fingerprint density at radius 3 is 2.53 bits per heavy atom. The van der Waals surface area contributed by atoms with Crippen LogP contribution in [-0.2, 0) is 4.74 Å². The Labute approximate surface area is 93.0 Å². The molecule has 2 rings (SSSR count). The predicted molar refractivity (Wildman–Crippen MR) is 60.6 cm³/mol. The molecule has 2 fully saturated rings. The van der Waals surface area contributed by atoms with Gasteiger partial charge in [0, 0.05) is 6.61 Å². The fourth-order valence-corrected chi connectivity index (χ4v) is 2.47. The minimum Gasteiger partial charge on any atom is -0.390 e. The van der Waals surface area contributed by atoms with Gasteiger partial charge in [0.25, 0.3) is 0 Å². The Balaban J connectivity index is 1.78. The first-order valence-electron chi connectivity index (χ1n) is 6.46. The van der Waals surface area contributed by atoms with Crippen LogP contribution in [0.1, 0.15) is 46.0 Å². The van der Waals surface area contributed by atoms with Crippen molar-refractivity contribution in [2.45, 2.75) is 58.2 Å². The Hall–Kier alpha value is -0.0800. The van der Waals surface area contributed by atoms with E-state index in [0.717, 1.165) is 37.2 Å². The van der Waals surface area contributed by atoms with Crippen LogP contribution in [0.2, 0.25) is 0 Å². The molecule has 0 aliphatic heterocycles. The van der Waals surface area contributed by atoms with Crippen LogP contribution in [0.25, 0.3) is 0 Å². The first-order chi connectivity index (χ1) is 7.16. The topological polar surface area (TPSA) is 29.5 Å². The quantitative estimate of drug-likeness (QED) is 0.776. The highest BCUT2D eigenvalue weighted by Gasteiger charge is 2.32. The van der Waals surface area contributed by atoms with E-state index in [1.54, 1.807) is 0 Å². The number of hydrogen-bond donors (Lipinski definition) is 1. The smallest absolute Gasteiger partial charge is 0.0836 e. The summed E-state index contributed by atoms with van der Waals surface area (Å²) in [6, 6.07) is 0. The summed E-state index contributed by atoms with van der Waals surface area (Å²) in [6.07, 6.45) is 5.73. The summed E-state index contributed by atoms with van der Waals surface area (Å²) in [6.45, 7) is 5.44. The molecule has 2 heteroatoms. The Kier molecular flexibility index (Phi) is 3.68. The molecule has 15 heavy (non-hydrogen) atoms. The SMILES string of the molecule is CC(C)C1CCC(O)C(OCC2CC2)C1. The van der Waals surface area contributed by atoms with E-state index >= 15 is 0 Å². The zero-order chi connectivity index (χ0) is 10.8. The monoisotopic (exact) mass is 212 g/mol. The normalized spacial score (nSPS) is 37.2. The van der Waals surface area contributed by atoms with Gasteiger partial charge in [0.2, 0.25) is 0 Å². The first-order valence-corrected chi connectivity index (χ1v) is 6.46. The first kappa shape index (κ1) is 11.4. The van der Waals surface area contributed by atoms with Crippen molar-refractivity contribution < 1.29 is 9.84 Å². The molecule has 1 N–H and O–H groups in total. The number of ether oxygens (including phenoxy) is 1. The van der Waals surface area contributed by atoms with Gasteiger partial charge in [0.1, 0.15) is 0 Å². The van der Waals surface area contributed by atoms with Crippen molar-refractivity contribution in [3.8, 4) is 0 Å². The molecule has 0 radical (unpaired) electrons. The maximum Gasteiger partial charge on any atom is 0.0836 e. The highest BCUT2D eigenvalue weighted by Crippen LogP contribution is 2.34. The van der Waals surface area contributed by atoms with Gasteiger partial charge in [0.15, 0.2) is 0 Å². The lowest BCUT2D eigenvalue weighted by molar-refractivity contribution is -0.0789. The molecule has 2 nitrogen and oxygen atoms in total. The van der Waals surface area contributed by atoms with Crippen LogP contribution in [0.3, 0.4) is 0 Å². The lowest BCUT2D eigenvalue weighted by Gasteiger charge is -2.35. The molecule has 0 saturated heterocycles. The van der Waals surface area contributed by atoms with Crippen LogP contribution in [0.4, 0.5) is 0 Å². The zero-order valence-corrected chi connectivity index (χ0v) is 9.98.